The highest BCUT2D eigenvalue weighted by Gasteiger charge is 2.39. The molecule has 1 aliphatic rings. The van der Waals surface area contributed by atoms with E-state index in [-0.39, 0.29) is 13.2 Å². The van der Waals surface area contributed by atoms with Crippen molar-refractivity contribution in [3.8, 4) is 5.75 Å². The maximum atomic E-state index is 13.0. The van der Waals surface area contributed by atoms with Crippen LogP contribution in [-0.4, -0.2) is 25.2 Å². The van der Waals surface area contributed by atoms with Gasteiger partial charge in [0.25, 0.3) is 0 Å². The summed E-state index contributed by atoms with van der Waals surface area (Å²) in [6.07, 6.45) is 0. The van der Waals surface area contributed by atoms with Crippen LogP contribution in [0.2, 0.25) is 0 Å². The van der Waals surface area contributed by atoms with Crippen LogP contribution in [0, 0.1) is 0 Å². The van der Waals surface area contributed by atoms with Gasteiger partial charge < -0.3 is 19.5 Å². The molecule has 2 aromatic carbocycles. The second-order valence-corrected chi connectivity index (χ2v) is 7.39. The van der Waals surface area contributed by atoms with Gasteiger partial charge in [-0.3, -0.25) is 0 Å². The Morgan fingerprint density at radius 3 is 1.91 bits per heavy atom. The quantitative estimate of drug-likeness (QED) is 0.610. The topological polar surface area (TPSA) is 73.9 Å². The first-order valence-corrected chi connectivity index (χ1v) is 10.8. The van der Waals surface area contributed by atoms with E-state index in [1.54, 1.807) is 27.7 Å². The lowest BCUT2D eigenvalue weighted by molar-refractivity contribution is -0.139. The Balaban J connectivity index is 2.09. The maximum absolute atomic E-state index is 13.0. The summed E-state index contributed by atoms with van der Waals surface area (Å²) in [5.41, 5.74) is 3.73. The van der Waals surface area contributed by atoms with Crippen LogP contribution in [-0.2, 0) is 25.7 Å². The van der Waals surface area contributed by atoms with Gasteiger partial charge >= 0.3 is 11.9 Å². The number of benzene rings is 2. The zero-order valence-corrected chi connectivity index (χ0v) is 18.9. The van der Waals surface area contributed by atoms with Crippen molar-refractivity contribution < 1.29 is 23.8 Å². The first-order valence-electron chi connectivity index (χ1n) is 10.8. The Morgan fingerprint density at radius 2 is 1.34 bits per heavy atom. The van der Waals surface area contributed by atoms with E-state index in [1.807, 2.05) is 54.6 Å². The number of carbonyl (C=O) groups excluding carboxylic acids is 2. The molecule has 6 heteroatoms. The van der Waals surface area contributed by atoms with Crippen molar-refractivity contribution in [1.29, 1.82) is 0 Å². The number of hydrogen-bond donors (Lipinski definition) is 1. The third-order valence-electron chi connectivity index (χ3n) is 5.22. The van der Waals surface area contributed by atoms with Crippen LogP contribution < -0.4 is 10.1 Å². The Hall–Kier alpha value is -3.54. The highest BCUT2D eigenvalue weighted by Crippen LogP contribution is 2.42. The lowest BCUT2D eigenvalue weighted by Crippen LogP contribution is -2.32. The maximum Gasteiger partial charge on any atom is 0.336 e. The second kappa shape index (κ2) is 10.7. The molecule has 1 N–H and O–H groups in total. The smallest absolute Gasteiger partial charge is 0.336 e. The molecule has 3 rings (SSSR count). The van der Waals surface area contributed by atoms with E-state index in [4.69, 9.17) is 14.2 Å². The molecule has 0 unspecified atom stereocenters. The lowest BCUT2D eigenvalue weighted by atomic mass is 9.80. The molecule has 0 spiro atoms. The molecule has 0 saturated carbocycles. The Morgan fingerprint density at radius 1 is 0.812 bits per heavy atom. The minimum atomic E-state index is -0.679. The van der Waals surface area contributed by atoms with Crippen molar-refractivity contribution >= 4 is 11.9 Å². The Labute approximate surface area is 188 Å². The van der Waals surface area contributed by atoms with Crippen molar-refractivity contribution in [2.75, 3.05) is 13.2 Å². The number of dihydropyridines is 1. The second-order valence-electron chi connectivity index (χ2n) is 7.39. The molecule has 1 aliphatic heterocycles. The monoisotopic (exact) mass is 435 g/mol. The normalized spacial score (nSPS) is 14.1. The van der Waals surface area contributed by atoms with Gasteiger partial charge in [-0.2, -0.15) is 0 Å². The van der Waals surface area contributed by atoms with Crippen molar-refractivity contribution in [1.82, 2.24) is 5.32 Å². The van der Waals surface area contributed by atoms with E-state index >= 15 is 0 Å². The van der Waals surface area contributed by atoms with Gasteiger partial charge in [0, 0.05) is 17.0 Å². The van der Waals surface area contributed by atoms with E-state index in [0.29, 0.717) is 40.5 Å². The molecule has 0 bridgehead atoms. The van der Waals surface area contributed by atoms with Gasteiger partial charge in [-0.05, 0) is 39.3 Å². The molecule has 0 aromatic heterocycles. The number of para-hydroxylation sites is 1. The van der Waals surface area contributed by atoms with Gasteiger partial charge in [0.15, 0.2) is 0 Å². The van der Waals surface area contributed by atoms with Crippen LogP contribution >= 0.6 is 0 Å². The van der Waals surface area contributed by atoms with Crippen LogP contribution in [0.4, 0.5) is 0 Å². The zero-order chi connectivity index (χ0) is 23.1. The number of esters is 2. The van der Waals surface area contributed by atoms with Gasteiger partial charge in [0.05, 0.1) is 30.3 Å². The predicted molar refractivity (Wildman–Crippen MR) is 122 cm³/mol. The van der Waals surface area contributed by atoms with E-state index in [0.717, 1.165) is 5.56 Å². The summed E-state index contributed by atoms with van der Waals surface area (Å²) in [5, 5.41) is 3.15. The number of nitrogens with one attached hydrogen (secondary N) is 1. The SMILES string of the molecule is CCOC(=O)C1=C(C)NC(C)=C(C(=O)OCC)C1c1ccccc1OCc1ccccc1. The van der Waals surface area contributed by atoms with Gasteiger partial charge in [-0.25, -0.2) is 9.59 Å². The fraction of sp³-hybridized carbons (Fsp3) is 0.308. The lowest BCUT2D eigenvalue weighted by Gasteiger charge is -2.31. The summed E-state index contributed by atoms with van der Waals surface area (Å²) < 4.78 is 16.8. The minimum Gasteiger partial charge on any atom is -0.489 e. The molecule has 0 amide bonds. The average molecular weight is 436 g/mol. The molecule has 1 heterocycles. The molecule has 2 aromatic rings. The number of ether oxygens (including phenoxy) is 3. The molecular formula is C26H29NO5. The first kappa shape index (κ1) is 23.1. The van der Waals surface area contributed by atoms with Gasteiger partial charge in [0.1, 0.15) is 12.4 Å². The van der Waals surface area contributed by atoms with Crippen molar-refractivity contribution in [2.45, 2.75) is 40.2 Å². The van der Waals surface area contributed by atoms with Gasteiger partial charge in [0.2, 0.25) is 0 Å². The van der Waals surface area contributed by atoms with E-state index in [1.165, 1.54) is 0 Å². The highest BCUT2D eigenvalue weighted by molar-refractivity contribution is 6.00. The number of hydrogen-bond acceptors (Lipinski definition) is 6. The molecule has 0 radical (unpaired) electrons. The van der Waals surface area contributed by atoms with Crippen LogP contribution in [0.15, 0.2) is 77.1 Å². The summed E-state index contributed by atoms with van der Waals surface area (Å²) in [6, 6.07) is 17.3. The number of carbonyl (C=O) groups is 2. The number of rotatable bonds is 8. The van der Waals surface area contributed by atoms with Crippen LogP contribution in [0.5, 0.6) is 5.75 Å². The van der Waals surface area contributed by atoms with E-state index < -0.39 is 17.9 Å². The largest absolute Gasteiger partial charge is 0.489 e. The van der Waals surface area contributed by atoms with Gasteiger partial charge in [-0.1, -0.05) is 48.5 Å². The third kappa shape index (κ3) is 5.02. The number of allylic oxidation sites excluding steroid dienone is 2. The van der Waals surface area contributed by atoms with Crippen molar-refractivity contribution in [2.24, 2.45) is 0 Å². The van der Waals surface area contributed by atoms with Crippen LogP contribution in [0.1, 0.15) is 44.7 Å². The molecule has 0 fully saturated rings. The molecule has 6 nitrogen and oxygen atoms in total. The molecule has 0 atom stereocenters. The zero-order valence-electron chi connectivity index (χ0n) is 18.9. The summed E-state index contributed by atoms with van der Waals surface area (Å²) in [4.78, 5) is 26.0. The summed E-state index contributed by atoms with van der Waals surface area (Å²) >= 11 is 0. The Bertz CT molecular complexity index is 999. The fourth-order valence-electron chi connectivity index (χ4n) is 3.85. The molecule has 168 valence electrons. The van der Waals surface area contributed by atoms with Crippen LogP contribution in [0.25, 0.3) is 0 Å². The molecule has 0 saturated heterocycles. The fourth-order valence-corrected chi connectivity index (χ4v) is 3.85. The van der Waals surface area contributed by atoms with Gasteiger partial charge in [-0.15, -0.1) is 0 Å². The van der Waals surface area contributed by atoms with Crippen LogP contribution in [0.3, 0.4) is 0 Å². The first-order chi connectivity index (χ1) is 15.5. The highest BCUT2D eigenvalue weighted by atomic mass is 16.5. The molecule has 0 aliphatic carbocycles. The Kier molecular flexibility index (Phi) is 7.71. The molecular weight excluding hydrogens is 406 g/mol. The third-order valence-corrected chi connectivity index (χ3v) is 5.22. The summed E-state index contributed by atoms with van der Waals surface area (Å²) in [6.45, 7) is 7.93. The minimum absolute atomic E-state index is 0.228. The molecule has 32 heavy (non-hydrogen) atoms. The predicted octanol–water partition coefficient (Wildman–Crippen LogP) is 4.63. The average Bonchev–Trinajstić information content (AvgIpc) is 2.78. The van der Waals surface area contributed by atoms with Crippen molar-refractivity contribution in [3.05, 3.63) is 88.3 Å². The van der Waals surface area contributed by atoms with E-state index in [9.17, 15) is 9.59 Å². The van der Waals surface area contributed by atoms with E-state index in [2.05, 4.69) is 5.32 Å². The van der Waals surface area contributed by atoms with Crippen molar-refractivity contribution in [3.63, 3.8) is 0 Å². The summed E-state index contributed by atoms with van der Waals surface area (Å²) in [7, 11) is 0. The standard InChI is InChI=1S/C26H29NO5/c1-5-30-25(28)22-17(3)27-18(4)23(26(29)31-6-2)24(22)20-14-10-11-15-21(20)32-16-19-12-8-7-9-13-19/h7-15,24,27H,5-6,16H2,1-4H3. The summed E-state index contributed by atoms with van der Waals surface area (Å²) in [5.74, 6) is -1.04.